The molecule has 2 unspecified atom stereocenters. The minimum atomic E-state index is -0.409. The number of piperazine rings is 1. The van der Waals surface area contributed by atoms with Gasteiger partial charge in [0.1, 0.15) is 12.1 Å². The van der Waals surface area contributed by atoms with E-state index in [9.17, 15) is 9.59 Å². The Morgan fingerprint density at radius 1 is 1.21 bits per heavy atom. The third-order valence-electron chi connectivity index (χ3n) is 4.67. The fourth-order valence-electron chi connectivity index (χ4n) is 3.47. The summed E-state index contributed by atoms with van der Waals surface area (Å²) in [5.74, 6) is 0.0663. The van der Waals surface area contributed by atoms with Gasteiger partial charge in [0.2, 0.25) is 11.8 Å². The molecule has 108 valence electrons. The lowest BCUT2D eigenvalue weighted by molar-refractivity contribution is -0.158. The highest BCUT2D eigenvalue weighted by atomic mass is 16.2. The fraction of sp³-hybridized carbons (Fsp3) is 0.867. The van der Waals surface area contributed by atoms with Gasteiger partial charge in [-0.3, -0.25) is 9.59 Å². The maximum absolute atomic E-state index is 12.8. The molecule has 2 amide bonds. The van der Waals surface area contributed by atoms with Crippen molar-refractivity contribution in [1.29, 1.82) is 0 Å². The van der Waals surface area contributed by atoms with Gasteiger partial charge in [0.15, 0.2) is 0 Å². The summed E-state index contributed by atoms with van der Waals surface area (Å²) in [6.07, 6.45) is 4.31. The van der Waals surface area contributed by atoms with Crippen molar-refractivity contribution in [2.75, 3.05) is 0 Å². The second-order valence-corrected chi connectivity index (χ2v) is 7.40. The first kappa shape index (κ1) is 14.4. The predicted octanol–water partition coefficient (Wildman–Crippen LogP) is 2.08. The number of hydrogen-bond acceptors (Lipinski definition) is 2. The molecule has 0 aromatic heterocycles. The molecule has 0 spiro atoms. The summed E-state index contributed by atoms with van der Waals surface area (Å²) in [4.78, 5) is 26.9. The molecule has 4 heteroatoms. The van der Waals surface area contributed by atoms with Crippen molar-refractivity contribution >= 4 is 11.8 Å². The number of amides is 2. The lowest BCUT2D eigenvalue weighted by Gasteiger charge is -2.49. The topological polar surface area (TPSA) is 49.4 Å². The van der Waals surface area contributed by atoms with Crippen LogP contribution in [0.25, 0.3) is 0 Å². The van der Waals surface area contributed by atoms with Crippen LogP contribution in [0.4, 0.5) is 0 Å². The first-order valence-corrected chi connectivity index (χ1v) is 7.30. The van der Waals surface area contributed by atoms with Gasteiger partial charge in [-0.2, -0.15) is 0 Å². The van der Waals surface area contributed by atoms with Crippen LogP contribution in [0.1, 0.15) is 60.3 Å². The largest absolute Gasteiger partial charge is 0.342 e. The molecule has 1 aliphatic heterocycles. The molecule has 19 heavy (non-hydrogen) atoms. The smallest absolute Gasteiger partial charge is 0.246 e. The van der Waals surface area contributed by atoms with Gasteiger partial charge in [0.05, 0.1) is 0 Å². The van der Waals surface area contributed by atoms with Gasteiger partial charge in [-0.1, -0.05) is 33.6 Å². The minimum absolute atomic E-state index is 0.0207. The summed E-state index contributed by atoms with van der Waals surface area (Å²) >= 11 is 0. The van der Waals surface area contributed by atoms with Crippen molar-refractivity contribution < 1.29 is 9.59 Å². The number of hydrogen-bond donors (Lipinski definition) is 1. The van der Waals surface area contributed by atoms with E-state index in [2.05, 4.69) is 12.2 Å². The molecule has 2 rings (SSSR count). The number of rotatable bonds is 1. The van der Waals surface area contributed by atoms with Gasteiger partial charge in [-0.05, 0) is 32.1 Å². The van der Waals surface area contributed by atoms with Crippen LogP contribution in [0.15, 0.2) is 0 Å². The molecule has 0 radical (unpaired) electrons. The SMILES string of the molecule is CC1C(=O)NC(C(C)(C)C)C(=O)N1C1(C)CCCC1. The molecule has 1 saturated carbocycles. The Balaban J connectivity index is 2.34. The fourth-order valence-corrected chi connectivity index (χ4v) is 3.47. The molecule has 1 saturated heterocycles. The zero-order chi connectivity index (χ0) is 14.4. The Labute approximate surface area is 115 Å². The van der Waals surface area contributed by atoms with Crippen LogP contribution < -0.4 is 5.32 Å². The molecule has 2 aliphatic rings. The standard InChI is InChI=1S/C15H26N2O2/c1-10-12(18)16-11(14(2,3)4)13(19)17(10)15(5)8-6-7-9-15/h10-11H,6-9H2,1-5H3,(H,16,18). The van der Waals surface area contributed by atoms with E-state index in [1.54, 1.807) is 0 Å². The number of carbonyl (C=O) groups is 2. The summed E-state index contributed by atoms with van der Waals surface area (Å²) in [5, 5.41) is 2.90. The summed E-state index contributed by atoms with van der Waals surface area (Å²) in [6.45, 7) is 9.98. The van der Waals surface area contributed by atoms with Gasteiger partial charge < -0.3 is 10.2 Å². The first-order chi connectivity index (χ1) is 8.67. The normalized spacial score (nSPS) is 31.5. The van der Waals surface area contributed by atoms with E-state index in [1.165, 1.54) is 0 Å². The van der Waals surface area contributed by atoms with E-state index in [1.807, 2.05) is 32.6 Å². The highest BCUT2D eigenvalue weighted by Gasteiger charge is 2.50. The molecule has 0 bridgehead atoms. The lowest BCUT2D eigenvalue weighted by atomic mass is 9.82. The monoisotopic (exact) mass is 266 g/mol. The van der Waals surface area contributed by atoms with Crippen molar-refractivity contribution in [3.63, 3.8) is 0 Å². The number of nitrogens with zero attached hydrogens (tertiary/aromatic N) is 1. The second-order valence-electron chi connectivity index (χ2n) is 7.40. The molecular weight excluding hydrogens is 240 g/mol. The van der Waals surface area contributed by atoms with Crippen molar-refractivity contribution in [1.82, 2.24) is 10.2 Å². The maximum Gasteiger partial charge on any atom is 0.246 e. The predicted molar refractivity (Wildman–Crippen MR) is 74.6 cm³/mol. The molecule has 1 aliphatic carbocycles. The van der Waals surface area contributed by atoms with E-state index in [4.69, 9.17) is 0 Å². The Morgan fingerprint density at radius 2 is 1.74 bits per heavy atom. The van der Waals surface area contributed by atoms with Gasteiger partial charge in [-0.15, -0.1) is 0 Å². The van der Waals surface area contributed by atoms with E-state index >= 15 is 0 Å². The Bertz CT molecular complexity index is 391. The van der Waals surface area contributed by atoms with E-state index < -0.39 is 6.04 Å². The quantitative estimate of drug-likeness (QED) is 0.790. The van der Waals surface area contributed by atoms with Crippen LogP contribution >= 0.6 is 0 Å². The molecule has 4 nitrogen and oxygen atoms in total. The summed E-state index contributed by atoms with van der Waals surface area (Å²) in [5.41, 5.74) is -0.391. The second kappa shape index (κ2) is 4.50. The Kier molecular flexibility index (Phi) is 3.40. The highest BCUT2D eigenvalue weighted by molar-refractivity contribution is 5.97. The molecule has 2 atom stereocenters. The third kappa shape index (κ3) is 2.37. The van der Waals surface area contributed by atoms with Crippen LogP contribution in [0, 0.1) is 5.41 Å². The van der Waals surface area contributed by atoms with Crippen molar-refractivity contribution in [3.05, 3.63) is 0 Å². The maximum atomic E-state index is 12.8. The molecule has 0 aromatic carbocycles. The van der Waals surface area contributed by atoms with Crippen LogP contribution in [0.2, 0.25) is 0 Å². The molecule has 1 N–H and O–H groups in total. The summed E-state index contributed by atoms with van der Waals surface area (Å²) in [6, 6.07) is -0.761. The van der Waals surface area contributed by atoms with Crippen molar-refractivity contribution in [2.24, 2.45) is 5.41 Å². The van der Waals surface area contributed by atoms with Crippen LogP contribution in [-0.4, -0.2) is 34.3 Å². The van der Waals surface area contributed by atoms with E-state index in [-0.39, 0.29) is 28.8 Å². The Hall–Kier alpha value is -1.06. The molecule has 1 heterocycles. The highest BCUT2D eigenvalue weighted by Crippen LogP contribution is 2.39. The van der Waals surface area contributed by atoms with Crippen molar-refractivity contribution in [3.8, 4) is 0 Å². The number of nitrogens with one attached hydrogen (secondary N) is 1. The van der Waals surface area contributed by atoms with E-state index in [0.29, 0.717) is 0 Å². The van der Waals surface area contributed by atoms with Gasteiger partial charge in [0, 0.05) is 5.54 Å². The van der Waals surface area contributed by atoms with Crippen LogP contribution in [-0.2, 0) is 9.59 Å². The summed E-state index contributed by atoms with van der Waals surface area (Å²) < 4.78 is 0. The number of carbonyl (C=O) groups excluding carboxylic acids is 2. The molecular formula is C15H26N2O2. The van der Waals surface area contributed by atoms with Gasteiger partial charge in [-0.25, -0.2) is 0 Å². The summed E-state index contributed by atoms with van der Waals surface area (Å²) in [7, 11) is 0. The lowest BCUT2D eigenvalue weighted by Crippen LogP contribution is -2.70. The Morgan fingerprint density at radius 3 is 2.21 bits per heavy atom. The zero-order valence-electron chi connectivity index (χ0n) is 12.7. The first-order valence-electron chi connectivity index (χ1n) is 7.30. The average Bonchev–Trinajstić information content (AvgIpc) is 2.70. The van der Waals surface area contributed by atoms with Crippen molar-refractivity contribution in [2.45, 2.75) is 77.9 Å². The molecule has 2 fully saturated rings. The van der Waals surface area contributed by atoms with Gasteiger partial charge in [0.25, 0.3) is 0 Å². The zero-order valence-corrected chi connectivity index (χ0v) is 12.7. The van der Waals surface area contributed by atoms with Gasteiger partial charge >= 0.3 is 0 Å². The molecule has 0 aromatic rings. The average molecular weight is 266 g/mol. The van der Waals surface area contributed by atoms with E-state index in [0.717, 1.165) is 25.7 Å². The van der Waals surface area contributed by atoms with Crippen LogP contribution in [0.3, 0.4) is 0 Å². The third-order valence-corrected chi connectivity index (χ3v) is 4.67. The minimum Gasteiger partial charge on any atom is -0.342 e. The van der Waals surface area contributed by atoms with Crippen LogP contribution in [0.5, 0.6) is 0 Å².